The first-order valence-corrected chi connectivity index (χ1v) is 10.2. The number of benzene rings is 1. The van der Waals surface area contributed by atoms with E-state index >= 15 is 0 Å². The van der Waals surface area contributed by atoms with Gasteiger partial charge in [-0.25, -0.2) is 8.42 Å². The van der Waals surface area contributed by atoms with E-state index in [0.29, 0.717) is 5.69 Å². The van der Waals surface area contributed by atoms with E-state index in [0.717, 1.165) is 5.56 Å². The van der Waals surface area contributed by atoms with E-state index in [1.165, 1.54) is 4.31 Å². The zero-order valence-corrected chi connectivity index (χ0v) is 16.0. The number of sulfonamides is 1. The molecule has 0 aliphatic carbocycles. The van der Waals surface area contributed by atoms with Gasteiger partial charge in [0, 0.05) is 42.7 Å². The fourth-order valence-electron chi connectivity index (χ4n) is 2.30. The van der Waals surface area contributed by atoms with Gasteiger partial charge < -0.3 is 0 Å². The van der Waals surface area contributed by atoms with Crippen LogP contribution in [0.5, 0.6) is 0 Å². The minimum atomic E-state index is -3.74. The molecule has 0 bridgehead atoms. The van der Waals surface area contributed by atoms with Crippen molar-refractivity contribution in [2.75, 3.05) is 24.8 Å². The van der Waals surface area contributed by atoms with Crippen LogP contribution in [0, 0.1) is 0 Å². The first-order chi connectivity index (χ1) is 11.4. The fourth-order valence-corrected chi connectivity index (χ4v) is 4.50. The van der Waals surface area contributed by atoms with Crippen molar-refractivity contribution in [3.05, 3.63) is 36.5 Å². The topological polar surface area (TPSA) is 55.2 Å². The summed E-state index contributed by atoms with van der Waals surface area (Å²) in [5, 5.41) is 4.49. The number of nitrogens with zero attached hydrogens (tertiary/aromatic N) is 3. The molecule has 1 aromatic heterocycles. The molecule has 0 fully saturated rings. The zero-order valence-electron chi connectivity index (χ0n) is 13.7. The van der Waals surface area contributed by atoms with E-state index in [1.807, 2.05) is 44.2 Å². The Morgan fingerprint density at radius 2 is 1.71 bits per heavy atom. The van der Waals surface area contributed by atoms with Crippen LogP contribution in [0.4, 0.5) is 0 Å². The molecule has 0 spiro atoms. The van der Waals surface area contributed by atoms with Gasteiger partial charge in [-0.2, -0.15) is 9.40 Å². The molecule has 0 saturated heterocycles. The maximum atomic E-state index is 13.1. The van der Waals surface area contributed by atoms with Gasteiger partial charge in [-0.05, 0) is 13.8 Å². The van der Waals surface area contributed by atoms with Crippen LogP contribution < -0.4 is 0 Å². The van der Waals surface area contributed by atoms with Crippen LogP contribution in [0.1, 0.15) is 19.9 Å². The molecule has 0 N–H and O–H groups in total. The summed E-state index contributed by atoms with van der Waals surface area (Å²) in [7, 11) is -3.74. The monoisotopic (exact) mass is 389 g/mol. The normalized spacial score (nSPS) is 12.2. The number of hydrogen-bond donors (Lipinski definition) is 0. The number of hydrogen-bond acceptors (Lipinski definition) is 3. The molecule has 5 nitrogen and oxygen atoms in total. The highest BCUT2D eigenvalue weighted by Crippen LogP contribution is 2.29. The number of halogens is 2. The Kier molecular flexibility index (Phi) is 6.69. The molecule has 0 unspecified atom stereocenters. The second-order valence-electron chi connectivity index (χ2n) is 5.56. The molecule has 132 valence electrons. The Balaban J connectivity index is 2.59. The first kappa shape index (κ1) is 19.2. The zero-order chi connectivity index (χ0) is 17.7. The van der Waals surface area contributed by atoms with Crippen LogP contribution in [0.3, 0.4) is 0 Å². The van der Waals surface area contributed by atoms with E-state index in [2.05, 4.69) is 5.10 Å². The summed E-state index contributed by atoms with van der Waals surface area (Å²) in [6.45, 7) is 4.32. The molecule has 0 aliphatic rings. The third-order valence-corrected chi connectivity index (χ3v) is 5.80. The quantitative estimate of drug-likeness (QED) is 0.648. The molecule has 0 amide bonds. The van der Waals surface area contributed by atoms with Gasteiger partial charge in [-0.1, -0.05) is 30.3 Å². The highest BCUT2D eigenvalue weighted by Gasteiger charge is 2.29. The molecule has 2 aromatic rings. The summed E-state index contributed by atoms with van der Waals surface area (Å²) in [4.78, 5) is 0.178. The van der Waals surface area contributed by atoms with Crippen molar-refractivity contribution in [1.82, 2.24) is 14.1 Å². The molecule has 0 radical (unpaired) electrons. The maximum Gasteiger partial charge on any atom is 0.246 e. The average molecular weight is 390 g/mol. The summed E-state index contributed by atoms with van der Waals surface area (Å²) in [5.74, 6) is 0.407. The van der Waals surface area contributed by atoms with Crippen molar-refractivity contribution in [2.24, 2.45) is 0 Å². The third kappa shape index (κ3) is 4.11. The van der Waals surface area contributed by atoms with Crippen LogP contribution in [0.2, 0.25) is 0 Å². The maximum absolute atomic E-state index is 13.1. The Morgan fingerprint density at radius 3 is 2.21 bits per heavy atom. The summed E-state index contributed by atoms with van der Waals surface area (Å²) in [6.07, 6.45) is 1.58. The lowest BCUT2D eigenvalue weighted by Crippen LogP contribution is -2.34. The van der Waals surface area contributed by atoms with Gasteiger partial charge in [0.1, 0.15) is 10.6 Å². The van der Waals surface area contributed by atoms with Gasteiger partial charge in [0.25, 0.3) is 0 Å². The van der Waals surface area contributed by atoms with E-state index in [4.69, 9.17) is 23.2 Å². The Labute approximate surface area is 153 Å². The smallest absolute Gasteiger partial charge is 0.246 e. The first-order valence-electron chi connectivity index (χ1n) is 7.68. The molecule has 0 saturated carbocycles. The SMILES string of the molecule is CC(C)n1cc(S(=O)(=O)N(CCCl)CCCl)c(-c2ccccc2)n1. The van der Waals surface area contributed by atoms with E-state index < -0.39 is 10.0 Å². The fraction of sp³-hybridized carbons (Fsp3) is 0.438. The Bertz CT molecular complexity index is 755. The lowest BCUT2D eigenvalue weighted by molar-refractivity contribution is 0.448. The third-order valence-electron chi connectivity index (χ3n) is 3.56. The van der Waals surface area contributed by atoms with Crippen molar-refractivity contribution in [3.63, 3.8) is 0 Å². The van der Waals surface area contributed by atoms with Crippen LogP contribution >= 0.6 is 23.2 Å². The minimum Gasteiger partial charge on any atom is -0.268 e. The highest BCUT2D eigenvalue weighted by atomic mass is 35.5. The van der Waals surface area contributed by atoms with Crippen LogP contribution in [0.15, 0.2) is 41.4 Å². The van der Waals surface area contributed by atoms with Crippen molar-refractivity contribution in [1.29, 1.82) is 0 Å². The van der Waals surface area contributed by atoms with Crippen LogP contribution in [-0.2, 0) is 10.0 Å². The summed E-state index contributed by atoms with van der Waals surface area (Å²) in [6, 6.07) is 9.33. The Morgan fingerprint density at radius 1 is 1.12 bits per heavy atom. The highest BCUT2D eigenvalue weighted by molar-refractivity contribution is 7.89. The van der Waals surface area contributed by atoms with Gasteiger partial charge in [-0.3, -0.25) is 4.68 Å². The summed E-state index contributed by atoms with van der Waals surface area (Å²) < 4.78 is 29.2. The standard InChI is InChI=1S/C16H21Cl2N3O2S/c1-13(2)21-12-15(16(19-21)14-6-4-3-5-7-14)24(22,23)20(10-8-17)11-9-18/h3-7,12-13H,8-11H2,1-2H3. The van der Waals surface area contributed by atoms with Gasteiger partial charge in [0.2, 0.25) is 10.0 Å². The predicted molar refractivity (Wildman–Crippen MR) is 98.2 cm³/mol. The molecular formula is C16H21Cl2N3O2S. The number of rotatable bonds is 8. The van der Waals surface area contributed by atoms with Crippen molar-refractivity contribution < 1.29 is 8.42 Å². The van der Waals surface area contributed by atoms with Gasteiger partial charge in [0.05, 0.1) is 0 Å². The summed E-state index contributed by atoms with van der Waals surface area (Å²) >= 11 is 11.5. The second-order valence-corrected chi connectivity index (χ2v) is 8.23. The number of aromatic nitrogens is 2. The summed E-state index contributed by atoms with van der Waals surface area (Å²) in [5.41, 5.74) is 1.20. The van der Waals surface area contributed by atoms with Crippen LogP contribution in [0.25, 0.3) is 11.3 Å². The largest absolute Gasteiger partial charge is 0.268 e. The molecule has 0 atom stereocenters. The van der Waals surface area contributed by atoms with Gasteiger partial charge in [-0.15, -0.1) is 23.2 Å². The lowest BCUT2D eigenvalue weighted by atomic mass is 10.2. The minimum absolute atomic E-state index is 0.0471. The van der Waals surface area contributed by atoms with Gasteiger partial charge >= 0.3 is 0 Å². The molecular weight excluding hydrogens is 369 g/mol. The van der Waals surface area contributed by atoms with E-state index in [-0.39, 0.29) is 35.8 Å². The molecule has 1 heterocycles. The molecule has 0 aliphatic heterocycles. The van der Waals surface area contributed by atoms with Crippen molar-refractivity contribution >= 4 is 33.2 Å². The second kappa shape index (κ2) is 8.34. The van der Waals surface area contributed by atoms with E-state index in [9.17, 15) is 8.42 Å². The lowest BCUT2D eigenvalue weighted by Gasteiger charge is -2.19. The van der Waals surface area contributed by atoms with Crippen LogP contribution in [-0.4, -0.2) is 47.4 Å². The molecule has 2 rings (SSSR count). The van der Waals surface area contributed by atoms with E-state index in [1.54, 1.807) is 10.9 Å². The van der Waals surface area contributed by atoms with Crippen molar-refractivity contribution in [3.8, 4) is 11.3 Å². The number of alkyl halides is 2. The average Bonchev–Trinajstić information content (AvgIpc) is 3.02. The van der Waals surface area contributed by atoms with Gasteiger partial charge in [0.15, 0.2) is 0 Å². The van der Waals surface area contributed by atoms with Crippen molar-refractivity contribution in [2.45, 2.75) is 24.8 Å². The molecule has 1 aromatic carbocycles. The predicted octanol–water partition coefficient (Wildman–Crippen LogP) is 3.60. The molecule has 8 heteroatoms. The Hall–Kier alpha value is -1.08. The molecule has 24 heavy (non-hydrogen) atoms.